The van der Waals surface area contributed by atoms with E-state index in [1.165, 1.54) is 13.0 Å². The van der Waals surface area contributed by atoms with Crippen LogP contribution >= 0.6 is 0 Å². The Hall–Kier alpha value is -2.14. The number of ketones is 1. The minimum Gasteiger partial charge on any atom is -0.493 e. The topological polar surface area (TPSA) is 76.7 Å². The fraction of sp³-hybridized carbons (Fsp3) is 0.375. The summed E-state index contributed by atoms with van der Waals surface area (Å²) in [5.74, 6) is 0.327. The van der Waals surface area contributed by atoms with Gasteiger partial charge in [-0.25, -0.2) is 4.79 Å². The van der Waals surface area contributed by atoms with Gasteiger partial charge in [-0.1, -0.05) is 6.92 Å². The molecule has 0 aliphatic rings. The molecule has 0 aliphatic carbocycles. The lowest BCUT2D eigenvalue weighted by molar-refractivity contribution is -0.119. The second kappa shape index (κ2) is 6.54. The minimum absolute atomic E-state index is 0.0539. The van der Waals surface area contributed by atoms with E-state index in [-0.39, 0.29) is 24.7 Å². The molecule has 1 aromatic heterocycles. The van der Waals surface area contributed by atoms with Gasteiger partial charge in [0, 0.05) is 29.9 Å². The van der Waals surface area contributed by atoms with E-state index in [1.54, 1.807) is 24.3 Å². The predicted molar refractivity (Wildman–Crippen MR) is 78.4 cm³/mol. The Morgan fingerprint density at radius 3 is 2.76 bits per heavy atom. The first-order valence-electron chi connectivity index (χ1n) is 6.80. The summed E-state index contributed by atoms with van der Waals surface area (Å²) in [6.45, 7) is 3.54. The van der Waals surface area contributed by atoms with Crippen molar-refractivity contribution in [1.82, 2.24) is 0 Å². The Morgan fingerprint density at radius 1 is 1.33 bits per heavy atom. The number of carbonyl (C=O) groups excluding carboxylic acids is 1. The Balaban J connectivity index is 2.03. The highest BCUT2D eigenvalue weighted by Gasteiger charge is 2.16. The summed E-state index contributed by atoms with van der Waals surface area (Å²) >= 11 is 0. The number of ether oxygens (including phenoxy) is 1. The minimum atomic E-state index is -0.721. The molecule has 21 heavy (non-hydrogen) atoms. The van der Waals surface area contributed by atoms with Crippen LogP contribution in [-0.4, -0.2) is 23.6 Å². The number of carbonyl (C=O) groups is 1. The number of rotatable bonds is 6. The van der Waals surface area contributed by atoms with Crippen LogP contribution in [0.4, 0.5) is 0 Å². The summed E-state index contributed by atoms with van der Waals surface area (Å²) < 4.78 is 10.7. The normalized spacial score (nSPS) is 13.9. The zero-order chi connectivity index (χ0) is 15.4. The van der Waals surface area contributed by atoms with E-state index in [0.29, 0.717) is 11.3 Å². The van der Waals surface area contributed by atoms with Crippen molar-refractivity contribution < 1.29 is 19.1 Å². The van der Waals surface area contributed by atoms with Crippen LogP contribution in [0, 0.1) is 5.92 Å². The Labute approximate surface area is 122 Å². The molecule has 1 N–H and O–H groups in total. The van der Waals surface area contributed by atoms with Gasteiger partial charge in [0.25, 0.3) is 0 Å². The van der Waals surface area contributed by atoms with Crippen LogP contribution in [0.2, 0.25) is 0 Å². The fourth-order valence-electron chi connectivity index (χ4n) is 1.97. The summed E-state index contributed by atoms with van der Waals surface area (Å²) in [6.07, 6.45) is -0.599. The number of aliphatic hydroxyl groups is 1. The van der Waals surface area contributed by atoms with Crippen LogP contribution in [-0.2, 0) is 4.79 Å². The summed E-state index contributed by atoms with van der Waals surface area (Å²) in [5.41, 5.74) is 0.0434. The maximum atomic E-state index is 11.2. The summed E-state index contributed by atoms with van der Waals surface area (Å²) in [6, 6.07) is 8.25. The Kier molecular flexibility index (Phi) is 4.75. The fourth-order valence-corrected chi connectivity index (χ4v) is 1.97. The number of hydrogen-bond donors (Lipinski definition) is 1. The third-order valence-electron chi connectivity index (χ3n) is 3.26. The van der Waals surface area contributed by atoms with Crippen LogP contribution in [0.15, 0.2) is 39.5 Å². The molecule has 0 unspecified atom stereocenters. The van der Waals surface area contributed by atoms with E-state index in [2.05, 4.69) is 0 Å². The van der Waals surface area contributed by atoms with Gasteiger partial charge in [0.05, 0.1) is 12.7 Å². The molecule has 0 saturated heterocycles. The van der Waals surface area contributed by atoms with E-state index >= 15 is 0 Å². The van der Waals surface area contributed by atoms with Gasteiger partial charge in [0.1, 0.15) is 17.1 Å². The van der Waals surface area contributed by atoms with E-state index < -0.39 is 11.7 Å². The molecule has 0 bridgehead atoms. The molecule has 0 radical (unpaired) electrons. The van der Waals surface area contributed by atoms with Gasteiger partial charge in [-0.05, 0) is 25.1 Å². The van der Waals surface area contributed by atoms with Crippen LogP contribution in [0.5, 0.6) is 5.75 Å². The number of aliphatic hydroxyl groups excluding tert-OH is 1. The van der Waals surface area contributed by atoms with Gasteiger partial charge < -0.3 is 14.3 Å². The van der Waals surface area contributed by atoms with Crippen molar-refractivity contribution in [3.63, 3.8) is 0 Å². The molecule has 0 spiro atoms. The van der Waals surface area contributed by atoms with Crippen molar-refractivity contribution in [2.75, 3.05) is 6.61 Å². The molecule has 5 nitrogen and oxygen atoms in total. The van der Waals surface area contributed by atoms with Crippen LogP contribution in [0.1, 0.15) is 20.3 Å². The monoisotopic (exact) mass is 290 g/mol. The van der Waals surface area contributed by atoms with Crippen molar-refractivity contribution in [3.8, 4) is 5.75 Å². The summed E-state index contributed by atoms with van der Waals surface area (Å²) in [7, 11) is 0. The van der Waals surface area contributed by atoms with Crippen LogP contribution in [0.25, 0.3) is 11.0 Å². The summed E-state index contributed by atoms with van der Waals surface area (Å²) in [4.78, 5) is 22.1. The number of Topliss-reactive ketones (excluding diaryl/α,β-unsaturated/α-hetero) is 1. The van der Waals surface area contributed by atoms with E-state index in [1.807, 2.05) is 6.92 Å². The molecule has 1 heterocycles. The van der Waals surface area contributed by atoms with Gasteiger partial charge in [0.2, 0.25) is 0 Å². The van der Waals surface area contributed by atoms with E-state index in [9.17, 15) is 14.7 Å². The summed E-state index contributed by atoms with van der Waals surface area (Å²) in [5, 5.41) is 10.6. The number of hydrogen-bond acceptors (Lipinski definition) is 5. The quantitative estimate of drug-likeness (QED) is 0.825. The molecular weight excluding hydrogens is 272 g/mol. The zero-order valence-electron chi connectivity index (χ0n) is 12.0. The maximum Gasteiger partial charge on any atom is 0.336 e. The molecular formula is C16H18O5. The zero-order valence-corrected chi connectivity index (χ0v) is 12.0. The first-order valence-corrected chi connectivity index (χ1v) is 6.80. The average Bonchev–Trinajstić information content (AvgIpc) is 2.43. The Morgan fingerprint density at radius 2 is 2.05 bits per heavy atom. The van der Waals surface area contributed by atoms with Crippen molar-refractivity contribution in [2.24, 2.45) is 5.92 Å². The molecule has 0 amide bonds. The molecule has 0 fully saturated rings. The second-order valence-corrected chi connectivity index (χ2v) is 5.22. The van der Waals surface area contributed by atoms with E-state index in [4.69, 9.17) is 9.15 Å². The second-order valence-electron chi connectivity index (χ2n) is 5.22. The van der Waals surface area contributed by atoms with Crippen LogP contribution < -0.4 is 10.4 Å². The van der Waals surface area contributed by atoms with Crippen molar-refractivity contribution in [2.45, 2.75) is 26.4 Å². The van der Waals surface area contributed by atoms with Crippen LogP contribution in [0.3, 0.4) is 0 Å². The lowest BCUT2D eigenvalue weighted by Gasteiger charge is -2.18. The van der Waals surface area contributed by atoms with Gasteiger partial charge >= 0.3 is 5.63 Å². The SMILES string of the molecule is CC(=O)C[C@@H](O)[C@H](C)COc1ccc2ccc(=O)oc2c1. The third-order valence-corrected chi connectivity index (χ3v) is 3.26. The molecule has 2 aromatic rings. The Bertz CT molecular complexity index is 688. The highest BCUT2D eigenvalue weighted by molar-refractivity contribution is 5.77. The smallest absolute Gasteiger partial charge is 0.336 e. The van der Waals surface area contributed by atoms with Gasteiger partial charge in [-0.3, -0.25) is 4.79 Å². The molecule has 112 valence electrons. The average molecular weight is 290 g/mol. The van der Waals surface area contributed by atoms with Gasteiger partial charge in [-0.2, -0.15) is 0 Å². The van der Waals surface area contributed by atoms with Crippen molar-refractivity contribution in [1.29, 1.82) is 0 Å². The lowest BCUT2D eigenvalue weighted by atomic mass is 10.0. The van der Waals surface area contributed by atoms with Crippen molar-refractivity contribution in [3.05, 3.63) is 40.8 Å². The van der Waals surface area contributed by atoms with Gasteiger partial charge in [-0.15, -0.1) is 0 Å². The predicted octanol–water partition coefficient (Wildman–Crippen LogP) is 2.15. The standard InChI is InChI=1S/C16H18O5/c1-10(14(18)7-11(2)17)9-20-13-5-3-12-4-6-16(19)21-15(12)8-13/h3-6,8,10,14,18H,7,9H2,1-2H3/t10-,14-/m1/s1. The lowest BCUT2D eigenvalue weighted by Crippen LogP contribution is -2.25. The number of fused-ring (bicyclic) bond motifs is 1. The van der Waals surface area contributed by atoms with E-state index in [0.717, 1.165) is 5.39 Å². The third kappa shape index (κ3) is 4.16. The first-order chi connectivity index (χ1) is 9.95. The molecule has 0 saturated carbocycles. The van der Waals surface area contributed by atoms with Crippen molar-refractivity contribution >= 4 is 16.8 Å². The maximum absolute atomic E-state index is 11.2. The molecule has 0 aliphatic heterocycles. The highest BCUT2D eigenvalue weighted by atomic mass is 16.5. The highest BCUT2D eigenvalue weighted by Crippen LogP contribution is 2.20. The molecule has 1 aromatic carbocycles. The molecule has 2 atom stereocenters. The first kappa shape index (κ1) is 15.3. The molecule has 5 heteroatoms. The number of benzene rings is 1. The molecule has 2 rings (SSSR count). The largest absolute Gasteiger partial charge is 0.493 e. The van der Waals surface area contributed by atoms with Gasteiger partial charge in [0.15, 0.2) is 0 Å².